The van der Waals surface area contributed by atoms with E-state index in [2.05, 4.69) is 107 Å². The minimum absolute atomic E-state index is 0.423. The monoisotopic (exact) mass is 412 g/mol. The van der Waals surface area contributed by atoms with Crippen LogP contribution in [0.3, 0.4) is 0 Å². The second-order valence-electron chi connectivity index (χ2n) is 6.72. The van der Waals surface area contributed by atoms with Crippen LogP contribution in [-0.4, -0.2) is 0 Å². The van der Waals surface area contributed by atoms with Gasteiger partial charge in [0.2, 0.25) is 0 Å². The van der Waals surface area contributed by atoms with Gasteiger partial charge in [0.05, 0.1) is 5.41 Å². The largest absolute Gasteiger partial charge is 0.457 e. The average Bonchev–Trinajstić information content (AvgIpc) is 2.73. The van der Waals surface area contributed by atoms with Gasteiger partial charge in [0.25, 0.3) is 0 Å². The van der Waals surface area contributed by atoms with Gasteiger partial charge in [-0.15, -0.1) is 0 Å². The highest BCUT2D eigenvalue weighted by Gasteiger charge is 2.44. The predicted octanol–water partition coefficient (Wildman–Crippen LogP) is 6.94. The summed E-state index contributed by atoms with van der Waals surface area (Å²) in [5.74, 6) is 1.81. The van der Waals surface area contributed by atoms with Gasteiger partial charge >= 0.3 is 0 Å². The van der Waals surface area contributed by atoms with Crippen molar-refractivity contribution in [1.82, 2.24) is 0 Å². The topological polar surface area (TPSA) is 9.23 Å². The molecule has 0 aromatic heterocycles. The summed E-state index contributed by atoms with van der Waals surface area (Å²) in [7, 11) is 0. The minimum atomic E-state index is -0.423. The Morgan fingerprint density at radius 1 is 0.519 bits per heavy atom. The van der Waals surface area contributed by atoms with Crippen LogP contribution < -0.4 is 4.74 Å². The molecule has 5 rings (SSSR count). The zero-order valence-electron chi connectivity index (χ0n) is 14.6. The number of para-hydroxylation sites is 2. The molecule has 1 aliphatic heterocycles. The molecular weight excluding hydrogens is 396 g/mol. The lowest BCUT2D eigenvalue weighted by Crippen LogP contribution is -2.34. The van der Waals surface area contributed by atoms with Gasteiger partial charge in [-0.2, -0.15) is 0 Å². The molecule has 0 spiro atoms. The fourth-order valence-corrected chi connectivity index (χ4v) is 4.44. The van der Waals surface area contributed by atoms with Crippen LogP contribution in [0.2, 0.25) is 0 Å². The molecule has 0 saturated heterocycles. The number of rotatable bonds is 2. The molecule has 0 N–H and O–H groups in total. The number of benzene rings is 4. The van der Waals surface area contributed by atoms with E-state index in [1.165, 1.54) is 11.1 Å². The van der Waals surface area contributed by atoms with Gasteiger partial charge in [0, 0.05) is 15.6 Å². The smallest absolute Gasteiger partial charge is 0.132 e. The molecule has 0 bridgehead atoms. The maximum absolute atomic E-state index is 6.29. The Hall–Kier alpha value is -2.84. The summed E-state index contributed by atoms with van der Waals surface area (Å²) >= 11 is 3.58. The molecule has 0 amide bonds. The predicted molar refractivity (Wildman–Crippen MR) is 113 cm³/mol. The molecule has 1 aliphatic rings. The Morgan fingerprint density at radius 3 is 1.59 bits per heavy atom. The normalized spacial score (nSPS) is 14.0. The van der Waals surface area contributed by atoms with E-state index in [1.54, 1.807) is 0 Å². The van der Waals surface area contributed by atoms with Crippen molar-refractivity contribution in [2.45, 2.75) is 5.41 Å². The third-order valence-electron chi connectivity index (χ3n) is 5.29. The van der Waals surface area contributed by atoms with Crippen LogP contribution >= 0.6 is 15.9 Å². The first-order valence-electron chi connectivity index (χ1n) is 8.98. The lowest BCUT2D eigenvalue weighted by molar-refractivity contribution is 0.434. The highest BCUT2D eigenvalue weighted by Crippen LogP contribution is 2.54. The van der Waals surface area contributed by atoms with Crippen LogP contribution in [0.5, 0.6) is 11.5 Å². The molecule has 2 heteroatoms. The minimum Gasteiger partial charge on any atom is -0.457 e. The fourth-order valence-electron chi connectivity index (χ4n) is 4.17. The van der Waals surface area contributed by atoms with Gasteiger partial charge in [-0.25, -0.2) is 0 Å². The van der Waals surface area contributed by atoms with Gasteiger partial charge in [0.1, 0.15) is 11.5 Å². The molecule has 1 heterocycles. The standard InChI is InChI=1S/C25H17BrO/c26-20-16-14-19(15-17-20)25(18-8-2-1-3-9-18)21-10-4-6-12-23(21)27-24-13-7-5-11-22(24)25/h1-17H. The molecule has 1 nitrogen and oxygen atoms in total. The van der Waals surface area contributed by atoms with E-state index in [9.17, 15) is 0 Å². The third-order valence-corrected chi connectivity index (χ3v) is 5.81. The molecular formula is C25H17BrO. The number of hydrogen-bond acceptors (Lipinski definition) is 1. The lowest BCUT2D eigenvalue weighted by Gasteiger charge is -2.41. The molecule has 130 valence electrons. The molecule has 0 radical (unpaired) electrons. The fraction of sp³-hybridized carbons (Fsp3) is 0.0400. The zero-order chi connectivity index (χ0) is 18.3. The molecule has 0 fully saturated rings. The van der Waals surface area contributed by atoms with Gasteiger partial charge in [-0.3, -0.25) is 0 Å². The number of fused-ring (bicyclic) bond motifs is 2. The first-order valence-corrected chi connectivity index (χ1v) is 9.78. The molecule has 4 aromatic carbocycles. The summed E-state index contributed by atoms with van der Waals surface area (Å²) in [4.78, 5) is 0. The Bertz CT molecular complexity index is 1050. The summed E-state index contributed by atoms with van der Waals surface area (Å²) in [6.07, 6.45) is 0. The Kier molecular flexibility index (Phi) is 3.87. The Morgan fingerprint density at radius 2 is 1.00 bits per heavy atom. The molecule has 0 aliphatic carbocycles. The Balaban J connectivity index is 1.95. The van der Waals surface area contributed by atoms with Crippen molar-refractivity contribution >= 4 is 15.9 Å². The molecule has 27 heavy (non-hydrogen) atoms. The summed E-state index contributed by atoms with van der Waals surface area (Å²) in [6.45, 7) is 0. The van der Waals surface area contributed by atoms with Crippen molar-refractivity contribution in [3.05, 3.63) is 130 Å². The van der Waals surface area contributed by atoms with E-state index in [0.29, 0.717) is 0 Å². The number of halogens is 1. The van der Waals surface area contributed by atoms with Crippen LogP contribution in [0.1, 0.15) is 22.3 Å². The lowest BCUT2D eigenvalue weighted by atomic mass is 9.64. The zero-order valence-corrected chi connectivity index (χ0v) is 16.2. The van der Waals surface area contributed by atoms with Crippen LogP contribution in [0, 0.1) is 0 Å². The van der Waals surface area contributed by atoms with Crippen molar-refractivity contribution in [1.29, 1.82) is 0 Å². The molecule has 0 unspecified atom stereocenters. The van der Waals surface area contributed by atoms with Crippen molar-refractivity contribution in [2.75, 3.05) is 0 Å². The van der Waals surface area contributed by atoms with Crippen LogP contribution in [0.25, 0.3) is 0 Å². The van der Waals surface area contributed by atoms with E-state index in [0.717, 1.165) is 27.1 Å². The summed E-state index contributed by atoms with van der Waals surface area (Å²) in [5, 5.41) is 0. The van der Waals surface area contributed by atoms with Crippen molar-refractivity contribution < 1.29 is 4.74 Å². The summed E-state index contributed by atoms with van der Waals surface area (Å²) < 4.78 is 7.36. The van der Waals surface area contributed by atoms with Gasteiger partial charge in [-0.1, -0.05) is 94.8 Å². The van der Waals surface area contributed by atoms with Crippen LogP contribution in [-0.2, 0) is 5.41 Å². The maximum Gasteiger partial charge on any atom is 0.132 e. The first-order chi connectivity index (χ1) is 13.3. The van der Waals surface area contributed by atoms with E-state index >= 15 is 0 Å². The molecule has 0 saturated carbocycles. The van der Waals surface area contributed by atoms with Gasteiger partial charge in [0.15, 0.2) is 0 Å². The van der Waals surface area contributed by atoms with E-state index in [1.807, 2.05) is 12.1 Å². The number of hydrogen-bond donors (Lipinski definition) is 0. The third kappa shape index (κ3) is 2.44. The molecule has 0 atom stereocenters. The van der Waals surface area contributed by atoms with Crippen molar-refractivity contribution in [3.63, 3.8) is 0 Å². The summed E-state index contributed by atoms with van der Waals surface area (Å²) in [5.41, 5.74) is 4.36. The van der Waals surface area contributed by atoms with Gasteiger partial charge < -0.3 is 4.74 Å². The van der Waals surface area contributed by atoms with E-state index < -0.39 is 5.41 Å². The second kappa shape index (κ2) is 6.40. The average molecular weight is 413 g/mol. The number of ether oxygens (including phenoxy) is 1. The quantitative estimate of drug-likeness (QED) is 0.305. The summed E-state index contributed by atoms with van der Waals surface area (Å²) in [6, 6.07) is 36.1. The molecule has 4 aromatic rings. The first kappa shape index (κ1) is 16.3. The highest BCUT2D eigenvalue weighted by molar-refractivity contribution is 9.10. The van der Waals surface area contributed by atoms with E-state index in [-0.39, 0.29) is 0 Å². The van der Waals surface area contributed by atoms with Gasteiger partial charge in [-0.05, 0) is 35.4 Å². The van der Waals surface area contributed by atoms with Crippen molar-refractivity contribution in [2.24, 2.45) is 0 Å². The Labute approximate surface area is 167 Å². The van der Waals surface area contributed by atoms with Crippen molar-refractivity contribution in [3.8, 4) is 11.5 Å². The maximum atomic E-state index is 6.29. The SMILES string of the molecule is Brc1ccc(C2(c3ccccc3)c3ccccc3Oc3ccccc32)cc1. The highest BCUT2D eigenvalue weighted by atomic mass is 79.9. The van der Waals surface area contributed by atoms with E-state index in [4.69, 9.17) is 4.74 Å². The second-order valence-corrected chi connectivity index (χ2v) is 7.63. The van der Waals surface area contributed by atoms with Crippen LogP contribution in [0.4, 0.5) is 0 Å². The van der Waals surface area contributed by atoms with Crippen LogP contribution in [0.15, 0.2) is 108 Å².